The Morgan fingerprint density at radius 1 is 1.00 bits per heavy atom. The molecule has 0 saturated carbocycles. The number of hydrogen-bond acceptors (Lipinski definition) is 4. The molecule has 20 heavy (non-hydrogen) atoms. The Morgan fingerprint density at radius 2 is 1.90 bits per heavy atom. The molecule has 6 heteroatoms. The van der Waals surface area contributed by atoms with Gasteiger partial charge in [0.25, 0.3) is 0 Å². The van der Waals surface area contributed by atoms with Crippen LogP contribution in [0.1, 0.15) is 0 Å². The van der Waals surface area contributed by atoms with Crippen LogP contribution >= 0.6 is 0 Å². The predicted octanol–water partition coefficient (Wildman–Crippen LogP) is 2.00. The van der Waals surface area contributed by atoms with Crippen LogP contribution in [-0.4, -0.2) is 29.3 Å². The van der Waals surface area contributed by atoms with Gasteiger partial charge in [0, 0.05) is 12.4 Å². The maximum Gasteiger partial charge on any atom is 0.168 e. The van der Waals surface area contributed by atoms with E-state index in [9.17, 15) is 0 Å². The van der Waals surface area contributed by atoms with E-state index in [2.05, 4.69) is 20.1 Å². The summed E-state index contributed by atoms with van der Waals surface area (Å²) in [7, 11) is 0. The molecule has 3 heterocycles. The minimum atomic E-state index is 0.773. The molecule has 4 rings (SSSR count). The highest BCUT2D eigenvalue weighted by molar-refractivity contribution is 5.83. The monoisotopic (exact) mass is 262 g/mol. The van der Waals surface area contributed by atoms with Crippen molar-refractivity contribution in [1.29, 1.82) is 0 Å². The van der Waals surface area contributed by atoms with Crippen LogP contribution in [0, 0.1) is 0 Å². The molecule has 0 aliphatic heterocycles. The summed E-state index contributed by atoms with van der Waals surface area (Å²) in [6, 6.07) is 9.90. The van der Waals surface area contributed by atoms with Gasteiger partial charge in [0.1, 0.15) is 12.7 Å². The highest BCUT2D eigenvalue weighted by atomic mass is 15.3. The largest absolute Gasteiger partial charge is 0.290 e. The molecule has 3 aromatic heterocycles. The van der Waals surface area contributed by atoms with E-state index in [1.54, 1.807) is 29.7 Å². The van der Waals surface area contributed by atoms with Crippen LogP contribution in [0.3, 0.4) is 0 Å². The van der Waals surface area contributed by atoms with Crippen LogP contribution in [0.15, 0.2) is 61.6 Å². The van der Waals surface area contributed by atoms with E-state index < -0.39 is 0 Å². The minimum absolute atomic E-state index is 0.773. The van der Waals surface area contributed by atoms with Gasteiger partial charge in [-0.1, -0.05) is 18.2 Å². The van der Waals surface area contributed by atoms with Gasteiger partial charge in [0.05, 0.1) is 17.3 Å². The third-order valence-corrected chi connectivity index (χ3v) is 3.09. The molecule has 1 aromatic carbocycles. The zero-order chi connectivity index (χ0) is 13.4. The molecule has 0 bridgehead atoms. The summed E-state index contributed by atoms with van der Waals surface area (Å²) >= 11 is 0. The van der Waals surface area contributed by atoms with Gasteiger partial charge in [-0.3, -0.25) is 4.57 Å². The van der Waals surface area contributed by atoms with E-state index in [4.69, 9.17) is 0 Å². The zero-order valence-corrected chi connectivity index (χ0v) is 10.5. The lowest BCUT2D eigenvalue weighted by molar-refractivity contribution is 0.893. The van der Waals surface area contributed by atoms with Gasteiger partial charge in [-0.2, -0.15) is 5.10 Å². The summed E-state index contributed by atoms with van der Waals surface area (Å²) in [4.78, 5) is 12.7. The van der Waals surface area contributed by atoms with Crippen molar-refractivity contribution in [2.75, 3.05) is 0 Å². The summed E-state index contributed by atoms with van der Waals surface area (Å²) < 4.78 is 3.65. The number of para-hydroxylation sites is 1. The maximum atomic E-state index is 4.42. The fraction of sp³-hybridized carbons (Fsp3) is 0. The molecule has 0 unspecified atom stereocenters. The predicted molar refractivity (Wildman–Crippen MR) is 73.8 cm³/mol. The second kappa shape index (κ2) is 4.27. The van der Waals surface area contributed by atoms with Crippen LogP contribution < -0.4 is 0 Å². The van der Waals surface area contributed by atoms with Crippen LogP contribution in [0.2, 0.25) is 0 Å². The first-order valence-corrected chi connectivity index (χ1v) is 6.16. The number of benzene rings is 1. The van der Waals surface area contributed by atoms with Gasteiger partial charge in [-0.25, -0.2) is 19.6 Å². The van der Waals surface area contributed by atoms with Gasteiger partial charge in [0.15, 0.2) is 11.5 Å². The van der Waals surface area contributed by atoms with Crippen molar-refractivity contribution in [3.05, 3.63) is 61.6 Å². The van der Waals surface area contributed by atoms with Crippen molar-refractivity contribution < 1.29 is 0 Å². The molecule has 0 amide bonds. The quantitative estimate of drug-likeness (QED) is 0.554. The SMILES string of the molecule is c1ccc(-n2ncc3c(-n4ccnc4)ncnc32)cc1. The summed E-state index contributed by atoms with van der Waals surface area (Å²) in [6.45, 7) is 0. The van der Waals surface area contributed by atoms with Crippen molar-refractivity contribution in [2.45, 2.75) is 0 Å². The van der Waals surface area contributed by atoms with Crippen molar-refractivity contribution >= 4 is 11.0 Å². The molecule has 0 aliphatic rings. The van der Waals surface area contributed by atoms with Crippen molar-refractivity contribution in [2.24, 2.45) is 0 Å². The number of rotatable bonds is 2. The smallest absolute Gasteiger partial charge is 0.168 e. The average molecular weight is 262 g/mol. The van der Waals surface area contributed by atoms with Crippen molar-refractivity contribution in [3.8, 4) is 11.5 Å². The summed E-state index contributed by atoms with van der Waals surface area (Å²) in [5, 5.41) is 5.30. The third kappa shape index (κ3) is 1.58. The number of imidazole rings is 1. The topological polar surface area (TPSA) is 61.4 Å². The van der Waals surface area contributed by atoms with E-state index in [0.717, 1.165) is 22.5 Å². The number of hydrogen-bond donors (Lipinski definition) is 0. The molecule has 6 nitrogen and oxygen atoms in total. The summed E-state index contributed by atoms with van der Waals surface area (Å²) in [5.74, 6) is 0.773. The molecule has 0 aliphatic carbocycles. The molecule has 0 N–H and O–H groups in total. The Kier molecular flexibility index (Phi) is 2.32. The van der Waals surface area contributed by atoms with E-state index >= 15 is 0 Å². The van der Waals surface area contributed by atoms with Gasteiger partial charge >= 0.3 is 0 Å². The molecule has 96 valence electrons. The zero-order valence-electron chi connectivity index (χ0n) is 10.5. The highest BCUT2D eigenvalue weighted by Crippen LogP contribution is 2.20. The van der Waals surface area contributed by atoms with Crippen LogP contribution in [-0.2, 0) is 0 Å². The van der Waals surface area contributed by atoms with Gasteiger partial charge < -0.3 is 0 Å². The fourth-order valence-electron chi connectivity index (χ4n) is 2.18. The number of fused-ring (bicyclic) bond motifs is 1. The van der Waals surface area contributed by atoms with E-state index in [0.29, 0.717) is 0 Å². The molecule has 0 saturated heterocycles. The normalized spacial score (nSPS) is 11.0. The van der Waals surface area contributed by atoms with E-state index in [1.165, 1.54) is 0 Å². The highest BCUT2D eigenvalue weighted by Gasteiger charge is 2.11. The first-order chi connectivity index (χ1) is 9.93. The molecule has 0 fully saturated rings. The van der Waals surface area contributed by atoms with Gasteiger partial charge in [-0.15, -0.1) is 0 Å². The Balaban J connectivity index is 1.97. The molecular weight excluding hydrogens is 252 g/mol. The van der Waals surface area contributed by atoms with E-state index in [1.807, 2.05) is 41.1 Å². The third-order valence-electron chi connectivity index (χ3n) is 3.09. The maximum absolute atomic E-state index is 4.42. The van der Waals surface area contributed by atoms with Gasteiger partial charge in [-0.05, 0) is 12.1 Å². The van der Waals surface area contributed by atoms with Crippen molar-refractivity contribution in [3.63, 3.8) is 0 Å². The van der Waals surface area contributed by atoms with Gasteiger partial charge in [0.2, 0.25) is 0 Å². The first kappa shape index (κ1) is 10.9. The Hall–Kier alpha value is -3.02. The Morgan fingerprint density at radius 3 is 2.70 bits per heavy atom. The second-order valence-corrected chi connectivity index (χ2v) is 4.30. The molecular formula is C14H10N6. The summed E-state index contributed by atoms with van der Waals surface area (Å²) in [5.41, 5.74) is 1.74. The Bertz CT molecular complexity index is 848. The van der Waals surface area contributed by atoms with E-state index in [-0.39, 0.29) is 0 Å². The standard InChI is InChI=1S/C14H10N6/c1-2-4-11(5-3-1)20-14-12(8-18-20)13(16-9-17-14)19-7-6-15-10-19/h1-10H. The van der Waals surface area contributed by atoms with Crippen LogP contribution in [0.5, 0.6) is 0 Å². The molecule has 4 aromatic rings. The molecule has 0 spiro atoms. The number of nitrogens with zero attached hydrogens (tertiary/aromatic N) is 6. The number of aromatic nitrogens is 6. The lowest BCUT2D eigenvalue weighted by atomic mass is 10.3. The molecule has 0 atom stereocenters. The average Bonchev–Trinajstić information content (AvgIpc) is 3.17. The first-order valence-electron chi connectivity index (χ1n) is 6.16. The molecule has 0 radical (unpaired) electrons. The minimum Gasteiger partial charge on any atom is -0.290 e. The van der Waals surface area contributed by atoms with Crippen LogP contribution in [0.25, 0.3) is 22.5 Å². The fourth-order valence-corrected chi connectivity index (χ4v) is 2.18. The lowest BCUT2D eigenvalue weighted by Gasteiger charge is -2.04. The second-order valence-electron chi connectivity index (χ2n) is 4.30. The Labute approximate surface area is 114 Å². The summed E-state index contributed by atoms with van der Waals surface area (Å²) in [6.07, 6.45) is 8.59. The lowest BCUT2D eigenvalue weighted by Crippen LogP contribution is -2.00. The van der Waals surface area contributed by atoms with Crippen molar-refractivity contribution in [1.82, 2.24) is 29.3 Å². The van der Waals surface area contributed by atoms with Crippen LogP contribution in [0.4, 0.5) is 0 Å².